The van der Waals surface area contributed by atoms with Crippen LogP contribution in [0.1, 0.15) is 30.4 Å². The standard InChI is InChI=1S/C15H16FNO4S/c16-12-3-1-2-4-14(12)22(18,19)10-15-17-9-13(21-15)11-5-7-20-8-6-11/h1-4,9,11H,5-8,10H2. The number of oxazole rings is 1. The highest BCUT2D eigenvalue weighted by Gasteiger charge is 2.24. The molecule has 2 heterocycles. The van der Waals surface area contributed by atoms with Crippen molar-refractivity contribution in [1.29, 1.82) is 0 Å². The number of halogens is 1. The van der Waals surface area contributed by atoms with Crippen molar-refractivity contribution >= 4 is 9.84 Å². The maximum Gasteiger partial charge on any atom is 0.209 e. The van der Waals surface area contributed by atoms with Gasteiger partial charge in [-0.1, -0.05) is 12.1 Å². The molecule has 0 atom stereocenters. The Bertz CT molecular complexity index is 750. The van der Waals surface area contributed by atoms with Crippen molar-refractivity contribution in [2.45, 2.75) is 29.4 Å². The van der Waals surface area contributed by atoms with Crippen LogP contribution < -0.4 is 0 Å². The number of sulfone groups is 1. The molecule has 1 aliphatic heterocycles. The van der Waals surface area contributed by atoms with Gasteiger partial charge in [-0.3, -0.25) is 0 Å². The Morgan fingerprint density at radius 3 is 2.68 bits per heavy atom. The van der Waals surface area contributed by atoms with Gasteiger partial charge in [0, 0.05) is 19.1 Å². The highest BCUT2D eigenvalue weighted by molar-refractivity contribution is 7.90. The van der Waals surface area contributed by atoms with E-state index in [0.717, 1.165) is 18.9 Å². The Balaban J connectivity index is 1.78. The summed E-state index contributed by atoms with van der Waals surface area (Å²) in [6.07, 6.45) is 3.21. The Kier molecular flexibility index (Phi) is 4.26. The van der Waals surface area contributed by atoms with E-state index in [1.807, 2.05) is 0 Å². The van der Waals surface area contributed by atoms with Crippen molar-refractivity contribution in [3.63, 3.8) is 0 Å². The van der Waals surface area contributed by atoms with E-state index in [1.165, 1.54) is 18.2 Å². The van der Waals surface area contributed by atoms with Crippen LogP contribution in [-0.4, -0.2) is 26.6 Å². The third-order valence-corrected chi connectivity index (χ3v) is 5.31. The van der Waals surface area contributed by atoms with Crippen molar-refractivity contribution in [1.82, 2.24) is 4.98 Å². The lowest BCUT2D eigenvalue weighted by Gasteiger charge is -2.19. The van der Waals surface area contributed by atoms with Gasteiger partial charge in [-0.05, 0) is 25.0 Å². The lowest BCUT2D eigenvalue weighted by atomic mass is 9.98. The van der Waals surface area contributed by atoms with Gasteiger partial charge in [0.1, 0.15) is 22.2 Å². The minimum absolute atomic E-state index is 0.0877. The average molecular weight is 325 g/mol. The quantitative estimate of drug-likeness (QED) is 0.864. The van der Waals surface area contributed by atoms with E-state index in [9.17, 15) is 12.8 Å². The van der Waals surface area contributed by atoms with E-state index < -0.39 is 21.4 Å². The molecule has 22 heavy (non-hydrogen) atoms. The highest BCUT2D eigenvalue weighted by Crippen LogP contribution is 2.28. The number of nitrogens with zero attached hydrogens (tertiary/aromatic N) is 1. The molecule has 5 nitrogen and oxygen atoms in total. The number of hydrogen-bond acceptors (Lipinski definition) is 5. The normalized spacial score (nSPS) is 16.8. The molecule has 1 fully saturated rings. The molecule has 7 heteroatoms. The third-order valence-electron chi connectivity index (χ3n) is 3.68. The molecule has 1 aliphatic rings. The zero-order valence-corrected chi connectivity index (χ0v) is 12.7. The van der Waals surface area contributed by atoms with Crippen LogP contribution in [0.2, 0.25) is 0 Å². The topological polar surface area (TPSA) is 69.4 Å². The molecule has 0 saturated carbocycles. The molecule has 0 bridgehead atoms. The Hall–Kier alpha value is -1.73. The molecule has 1 saturated heterocycles. The van der Waals surface area contributed by atoms with Gasteiger partial charge in [-0.2, -0.15) is 0 Å². The summed E-state index contributed by atoms with van der Waals surface area (Å²) in [6.45, 7) is 1.32. The first kappa shape index (κ1) is 15.2. The largest absolute Gasteiger partial charge is 0.444 e. The van der Waals surface area contributed by atoms with Crippen LogP contribution in [0.3, 0.4) is 0 Å². The number of hydrogen-bond donors (Lipinski definition) is 0. The summed E-state index contributed by atoms with van der Waals surface area (Å²) in [6, 6.07) is 5.30. The van der Waals surface area contributed by atoms with E-state index in [4.69, 9.17) is 9.15 Å². The number of benzene rings is 1. The van der Waals surface area contributed by atoms with Crippen LogP contribution in [0.15, 0.2) is 39.8 Å². The van der Waals surface area contributed by atoms with Gasteiger partial charge in [0.05, 0.1) is 6.20 Å². The summed E-state index contributed by atoms with van der Waals surface area (Å²) < 4.78 is 49.0. The minimum Gasteiger partial charge on any atom is -0.444 e. The maximum atomic E-state index is 13.6. The average Bonchev–Trinajstić information content (AvgIpc) is 2.96. The van der Waals surface area contributed by atoms with Crippen LogP contribution >= 0.6 is 0 Å². The Morgan fingerprint density at radius 1 is 1.23 bits per heavy atom. The van der Waals surface area contributed by atoms with Crippen molar-refractivity contribution in [2.24, 2.45) is 0 Å². The summed E-state index contributed by atoms with van der Waals surface area (Å²) in [5, 5.41) is 0. The zero-order valence-electron chi connectivity index (χ0n) is 11.9. The fourth-order valence-corrected chi connectivity index (χ4v) is 3.76. The van der Waals surface area contributed by atoms with Gasteiger partial charge in [-0.15, -0.1) is 0 Å². The molecule has 3 rings (SSSR count). The first-order chi connectivity index (χ1) is 10.6. The van der Waals surface area contributed by atoms with Crippen LogP contribution in [0.5, 0.6) is 0 Å². The van der Waals surface area contributed by atoms with Gasteiger partial charge in [-0.25, -0.2) is 17.8 Å². The van der Waals surface area contributed by atoms with Crippen LogP contribution in [-0.2, 0) is 20.3 Å². The van der Waals surface area contributed by atoms with Crippen molar-refractivity contribution in [2.75, 3.05) is 13.2 Å². The summed E-state index contributed by atoms with van der Waals surface area (Å²) in [7, 11) is -3.82. The fourth-order valence-electron chi connectivity index (χ4n) is 2.50. The number of aromatic nitrogens is 1. The molecule has 118 valence electrons. The molecule has 0 radical (unpaired) electrons. The molecular weight excluding hydrogens is 309 g/mol. The smallest absolute Gasteiger partial charge is 0.209 e. The third kappa shape index (κ3) is 3.20. The molecule has 0 aliphatic carbocycles. The molecule has 0 spiro atoms. The molecule has 1 aromatic heterocycles. The van der Waals surface area contributed by atoms with E-state index in [0.29, 0.717) is 19.0 Å². The second-order valence-corrected chi connectivity index (χ2v) is 7.19. The molecule has 2 aromatic rings. The minimum atomic E-state index is -3.82. The van der Waals surface area contributed by atoms with E-state index >= 15 is 0 Å². The molecule has 1 aromatic carbocycles. The van der Waals surface area contributed by atoms with Crippen LogP contribution in [0.4, 0.5) is 4.39 Å². The van der Waals surface area contributed by atoms with Crippen LogP contribution in [0.25, 0.3) is 0 Å². The Labute approximate surface area is 128 Å². The summed E-state index contributed by atoms with van der Waals surface area (Å²) >= 11 is 0. The summed E-state index contributed by atoms with van der Waals surface area (Å²) in [4.78, 5) is 3.69. The molecular formula is C15H16FNO4S. The van der Waals surface area contributed by atoms with E-state index in [-0.39, 0.29) is 16.7 Å². The molecule has 0 unspecified atom stereocenters. The van der Waals surface area contributed by atoms with Gasteiger partial charge < -0.3 is 9.15 Å². The summed E-state index contributed by atoms with van der Waals surface area (Å²) in [5.41, 5.74) is 0. The van der Waals surface area contributed by atoms with Gasteiger partial charge in [0.2, 0.25) is 5.89 Å². The second-order valence-electron chi connectivity index (χ2n) is 5.23. The predicted molar refractivity (Wildman–Crippen MR) is 76.6 cm³/mol. The zero-order chi connectivity index (χ0) is 15.6. The SMILES string of the molecule is O=S(=O)(Cc1ncc(C2CCOCC2)o1)c1ccccc1F. The maximum absolute atomic E-state index is 13.6. The van der Waals surface area contributed by atoms with Gasteiger partial charge in [0.15, 0.2) is 9.84 Å². The first-order valence-electron chi connectivity index (χ1n) is 7.06. The molecule has 0 amide bonds. The van der Waals surface area contributed by atoms with Crippen LogP contribution in [0, 0.1) is 5.82 Å². The van der Waals surface area contributed by atoms with Crippen molar-refractivity contribution in [3.8, 4) is 0 Å². The van der Waals surface area contributed by atoms with Crippen molar-refractivity contribution < 1.29 is 22.0 Å². The van der Waals surface area contributed by atoms with E-state index in [2.05, 4.69) is 4.98 Å². The van der Waals surface area contributed by atoms with Gasteiger partial charge in [0.25, 0.3) is 0 Å². The highest BCUT2D eigenvalue weighted by atomic mass is 32.2. The predicted octanol–water partition coefficient (Wildman–Crippen LogP) is 2.68. The number of ether oxygens (including phenoxy) is 1. The lowest BCUT2D eigenvalue weighted by Crippen LogP contribution is -2.13. The van der Waals surface area contributed by atoms with E-state index in [1.54, 1.807) is 6.20 Å². The second kappa shape index (κ2) is 6.18. The Morgan fingerprint density at radius 2 is 1.95 bits per heavy atom. The fraction of sp³-hybridized carbons (Fsp3) is 0.400. The van der Waals surface area contributed by atoms with Gasteiger partial charge >= 0.3 is 0 Å². The monoisotopic (exact) mass is 325 g/mol. The lowest BCUT2D eigenvalue weighted by molar-refractivity contribution is 0.0804. The summed E-state index contributed by atoms with van der Waals surface area (Å²) in [5.74, 6) is -0.256. The van der Waals surface area contributed by atoms with Crippen molar-refractivity contribution in [3.05, 3.63) is 47.9 Å². The first-order valence-corrected chi connectivity index (χ1v) is 8.71. The number of rotatable bonds is 4. The molecule has 0 N–H and O–H groups in total.